The molecule has 0 aliphatic heterocycles. The van der Waals surface area contributed by atoms with Gasteiger partial charge in [0, 0.05) is 13.1 Å². The first kappa shape index (κ1) is 32.7. The lowest BCUT2D eigenvalue weighted by Crippen LogP contribution is -2.52. The van der Waals surface area contributed by atoms with Gasteiger partial charge < -0.3 is 15.0 Å². The highest BCUT2D eigenvalue weighted by atomic mass is 32.2. The fourth-order valence-electron chi connectivity index (χ4n) is 4.78. The lowest BCUT2D eigenvalue weighted by atomic mass is 10.1. The second kappa shape index (κ2) is 14.9. The summed E-state index contributed by atoms with van der Waals surface area (Å²) in [5, 5.41) is 2.95. The number of anilines is 1. The van der Waals surface area contributed by atoms with E-state index in [-0.39, 0.29) is 23.0 Å². The number of carbonyl (C=O) groups excluding carboxylic acids is 2. The summed E-state index contributed by atoms with van der Waals surface area (Å²) < 4.78 is 34.9. The highest BCUT2D eigenvalue weighted by molar-refractivity contribution is 7.92. The molecule has 0 saturated heterocycles. The molecule has 1 atom stereocenters. The molecule has 3 aromatic rings. The van der Waals surface area contributed by atoms with Crippen LogP contribution in [0.3, 0.4) is 0 Å². The highest BCUT2D eigenvalue weighted by Gasteiger charge is 2.34. The Bertz CT molecular complexity index is 1470. The van der Waals surface area contributed by atoms with Crippen molar-refractivity contribution < 1.29 is 22.7 Å². The molecule has 2 amide bonds. The van der Waals surface area contributed by atoms with Crippen molar-refractivity contribution in [2.75, 3.05) is 24.5 Å². The minimum atomic E-state index is -4.19. The van der Waals surface area contributed by atoms with Crippen LogP contribution in [0.25, 0.3) is 0 Å². The monoisotopic (exact) mass is 593 g/mol. The number of hydrogen-bond donors (Lipinski definition) is 1. The van der Waals surface area contributed by atoms with E-state index in [9.17, 15) is 18.0 Å². The average Bonchev–Trinajstić information content (AvgIpc) is 2.96. The van der Waals surface area contributed by atoms with Crippen molar-refractivity contribution in [1.82, 2.24) is 10.2 Å². The first-order chi connectivity index (χ1) is 20.0. The third kappa shape index (κ3) is 8.12. The number of ether oxygens (including phenoxy) is 1. The van der Waals surface area contributed by atoms with Gasteiger partial charge in [0.15, 0.2) is 0 Å². The van der Waals surface area contributed by atoms with Crippen molar-refractivity contribution >= 4 is 27.5 Å². The third-order valence-corrected chi connectivity index (χ3v) is 8.92. The molecule has 0 aliphatic carbocycles. The van der Waals surface area contributed by atoms with E-state index < -0.39 is 28.5 Å². The first-order valence-electron chi connectivity index (χ1n) is 14.4. The minimum absolute atomic E-state index is 0.0547. The number of carbonyl (C=O) groups is 2. The molecule has 0 fully saturated rings. The molecule has 9 heteroatoms. The maximum absolute atomic E-state index is 14.3. The van der Waals surface area contributed by atoms with E-state index in [4.69, 9.17) is 4.74 Å². The van der Waals surface area contributed by atoms with E-state index in [1.54, 1.807) is 24.3 Å². The molecule has 1 N–H and O–H groups in total. The van der Waals surface area contributed by atoms with Gasteiger partial charge in [-0.15, -0.1) is 0 Å². The Morgan fingerprint density at radius 3 is 2.19 bits per heavy atom. The Morgan fingerprint density at radius 2 is 1.57 bits per heavy atom. The van der Waals surface area contributed by atoms with E-state index in [1.165, 1.54) is 24.1 Å². The summed E-state index contributed by atoms with van der Waals surface area (Å²) in [5.41, 5.74) is 3.84. The van der Waals surface area contributed by atoms with Crippen LogP contribution in [-0.2, 0) is 26.2 Å². The minimum Gasteiger partial charge on any atom is -0.495 e. The number of aryl methyl sites for hydroxylation is 3. The molecule has 0 spiro atoms. The molecule has 0 saturated carbocycles. The maximum Gasteiger partial charge on any atom is 0.264 e. The highest BCUT2D eigenvalue weighted by Crippen LogP contribution is 2.34. The van der Waals surface area contributed by atoms with Gasteiger partial charge in [-0.1, -0.05) is 73.9 Å². The SMILES string of the molecule is CCCCNC(=O)C(CC)N(Cc1cccc(C)c1)C(=O)CN(c1cc(C)ccc1OC)S(=O)(=O)c1ccc(C)cc1. The summed E-state index contributed by atoms with van der Waals surface area (Å²) in [7, 11) is -2.73. The Morgan fingerprint density at radius 1 is 0.905 bits per heavy atom. The summed E-state index contributed by atoms with van der Waals surface area (Å²) in [6.07, 6.45) is 2.12. The lowest BCUT2D eigenvalue weighted by Gasteiger charge is -2.33. The molecular formula is C33H43N3O5S. The van der Waals surface area contributed by atoms with Gasteiger partial charge >= 0.3 is 0 Å². The maximum atomic E-state index is 14.3. The molecule has 0 aliphatic rings. The Kier molecular flexibility index (Phi) is 11.6. The van der Waals surface area contributed by atoms with Gasteiger partial charge in [0.05, 0.1) is 17.7 Å². The van der Waals surface area contributed by atoms with Crippen LogP contribution >= 0.6 is 0 Å². The molecular weight excluding hydrogens is 550 g/mol. The summed E-state index contributed by atoms with van der Waals surface area (Å²) in [5.74, 6) is -0.431. The quantitative estimate of drug-likeness (QED) is 0.248. The molecule has 0 aromatic heterocycles. The molecule has 0 radical (unpaired) electrons. The fourth-order valence-corrected chi connectivity index (χ4v) is 6.20. The van der Waals surface area contributed by atoms with E-state index in [2.05, 4.69) is 5.32 Å². The molecule has 0 heterocycles. The Balaban J connectivity index is 2.11. The summed E-state index contributed by atoms with van der Waals surface area (Å²) in [4.78, 5) is 29.2. The van der Waals surface area contributed by atoms with Crippen LogP contribution in [0.2, 0.25) is 0 Å². The van der Waals surface area contributed by atoms with Crippen molar-refractivity contribution in [3.8, 4) is 5.75 Å². The van der Waals surface area contributed by atoms with Crippen molar-refractivity contribution in [2.24, 2.45) is 0 Å². The number of sulfonamides is 1. The van der Waals surface area contributed by atoms with E-state index in [0.29, 0.717) is 18.7 Å². The average molecular weight is 594 g/mol. The van der Waals surface area contributed by atoms with Gasteiger partial charge in [0.2, 0.25) is 11.8 Å². The summed E-state index contributed by atoms with van der Waals surface area (Å²) in [6, 6.07) is 18.7. The van der Waals surface area contributed by atoms with Gasteiger partial charge in [0.1, 0.15) is 18.3 Å². The number of hydrogen-bond acceptors (Lipinski definition) is 5. The number of nitrogens with zero attached hydrogens (tertiary/aromatic N) is 2. The predicted octanol–water partition coefficient (Wildman–Crippen LogP) is 5.54. The molecule has 226 valence electrons. The largest absolute Gasteiger partial charge is 0.495 e. The number of nitrogens with one attached hydrogen (secondary N) is 1. The van der Waals surface area contributed by atoms with Gasteiger partial charge in [0.25, 0.3) is 10.0 Å². The molecule has 42 heavy (non-hydrogen) atoms. The Hall–Kier alpha value is -3.85. The molecule has 3 aromatic carbocycles. The molecule has 8 nitrogen and oxygen atoms in total. The molecule has 1 unspecified atom stereocenters. The molecule has 3 rings (SSSR count). The van der Waals surface area contributed by atoms with Crippen LogP contribution in [0.15, 0.2) is 71.6 Å². The van der Waals surface area contributed by atoms with E-state index >= 15 is 0 Å². The predicted molar refractivity (Wildman–Crippen MR) is 167 cm³/mol. The van der Waals surface area contributed by atoms with Crippen LogP contribution in [-0.4, -0.2) is 51.4 Å². The summed E-state index contributed by atoms with van der Waals surface area (Å²) in [6.45, 7) is 9.73. The Labute approximate surface area is 250 Å². The number of methoxy groups -OCH3 is 1. The van der Waals surface area contributed by atoms with E-state index in [1.807, 2.05) is 65.0 Å². The van der Waals surface area contributed by atoms with Crippen LogP contribution in [0.1, 0.15) is 55.4 Å². The van der Waals surface area contributed by atoms with Crippen molar-refractivity contribution in [3.63, 3.8) is 0 Å². The van der Waals surface area contributed by atoms with Gasteiger partial charge in [-0.05, 0) is 69.0 Å². The fraction of sp³-hybridized carbons (Fsp3) is 0.394. The third-order valence-electron chi connectivity index (χ3n) is 7.14. The van der Waals surface area contributed by atoms with Crippen LogP contribution < -0.4 is 14.4 Å². The van der Waals surface area contributed by atoms with Crippen LogP contribution in [0, 0.1) is 20.8 Å². The second-order valence-electron chi connectivity index (χ2n) is 10.6. The standard InChI is InChI=1S/C33H43N3O5S/c1-7-9-19-34-33(38)29(8-2)35(22-27-12-10-11-25(4)20-27)32(37)23-36(30-21-26(5)15-18-31(30)41-6)42(39,40)28-16-13-24(3)14-17-28/h10-18,20-21,29H,7-9,19,22-23H2,1-6H3,(H,34,38). The van der Waals surface area contributed by atoms with Gasteiger partial charge in [-0.25, -0.2) is 8.42 Å². The second-order valence-corrected chi connectivity index (χ2v) is 12.4. The zero-order valence-electron chi connectivity index (χ0n) is 25.5. The van der Waals surface area contributed by atoms with Crippen LogP contribution in [0.5, 0.6) is 5.75 Å². The number of benzene rings is 3. The smallest absolute Gasteiger partial charge is 0.264 e. The normalized spacial score (nSPS) is 12.0. The number of unbranched alkanes of at least 4 members (excludes halogenated alkanes) is 1. The van der Waals surface area contributed by atoms with Crippen molar-refractivity contribution in [3.05, 3.63) is 89.0 Å². The van der Waals surface area contributed by atoms with Gasteiger partial charge in [-0.3, -0.25) is 13.9 Å². The number of rotatable bonds is 14. The zero-order valence-corrected chi connectivity index (χ0v) is 26.3. The van der Waals surface area contributed by atoms with Crippen molar-refractivity contribution in [2.45, 2.75) is 71.4 Å². The lowest BCUT2D eigenvalue weighted by molar-refractivity contribution is -0.140. The van der Waals surface area contributed by atoms with Crippen molar-refractivity contribution in [1.29, 1.82) is 0 Å². The first-order valence-corrected chi connectivity index (χ1v) is 15.8. The van der Waals surface area contributed by atoms with E-state index in [0.717, 1.165) is 39.4 Å². The zero-order chi connectivity index (χ0) is 30.9. The topological polar surface area (TPSA) is 96.0 Å². The molecule has 0 bridgehead atoms. The summed E-state index contributed by atoms with van der Waals surface area (Å²) >= 11 is 0. The van der Waals surface area contributed by atoms with Crippen LogP contribution in [0.4, 0.5) is 5.69 Å². The number of amides is 2. The van der Waals surface area contributed by atoms with Gasteiger partial charge in [-0.2, -0.15) is 0 Å².